The van der Waals surface area contributed by atoms with Gasteiger partial charge in [-0.2, -0.15) is 13.2 Å². The number of cyclic esters (lactones) is 1. The van der Waals surface area contributed by atoms with Crippen LogP contribution in [0.3, 0.4) is 0 Å². The third-order valence-electron chi connectivity index (χ3n) is 3.43. The van der Waals surface area contributed by atoms with Crippen LogP contribution in [0.1, 0.15) is 17.3 Å². The number of esters is 2. The Morgan fingerprint density at radius 3 is 2.29 bits per heavy atom. The van der Waals surface area contributed by atoms with E-state index in [1.54, 1.807) is 11.4 Å². The van der Waals surface area contributed by atoms with E-state index in [9.17, 15) is 27.6 Å². The van der Waals surface area contributed by atoms with Gasteiger partial charge in [0.05, 0.1) is 7.11 Å². The topological polar surface area (TPSA) is 81.7 Å². The van der Waals surface area contributed by atoms with Gasteiger partial charge < -0.3 is 14.8 Å². The highest BCUT2D eigenvalue weighted by Gasteiger charge is 2.71. The third-order valence-corrected chi connectivity index (χ3v) is 3.43. The summed E-state index contributed by atoms with van der Waals surface area (Å²) in [6.45, 7) is 1.01. The van der Waals surface area contributed by atoms with Crippen LogP contribution in [-0.4, -0.2) is 36.7 Å². The number of carbonyl (C=O) groups excluding carboxylic acids is 3. The van der Waals surface area contributed by atoms with Gasteiger partial charge in [-0.3, -0.25) is 4.79 Å². The summed E-state index contributed by atoms with van der Waals surface area (Å²) in [5, 5.41) is 1.60. The highest BCUT2D eigenvalue weighted by Crippen LogP contribution is 2.43. The molecule has 1 heterocycles. The van der Waals surface area contributed by atoms with Crippen molar-refractivity contribution < 1.29 is 37.0 Å². The molecule has 0 aliphatic carbocycles. The smallest absolute Gasteiger partial charge is 0.427 e. The SMILES string of the molecule is COC(=O)C1=C(C)OC(=O)C1(NC(=O)c1ccccc1)C(F)(F)F. The fourth-order valence-electron chi connectivity index (χ4n) is 2.31. The number of rotatable bonds is 3. The van der Waals surface area contributed by atoms with Gasteiger partial charge >= 0.3 is 18.1 Å². The van der Waals surface area contributed by atoms with E-state index in [-0.39, 0.29) is 5.56 Å². The van der Waals surface area contributed by atoms with Gasteiger partial charge in [-0.05, 0) is 19.1 Å². The zero-order chi connectivity index (χ0) is 18.1. The number of alkyl halides is 3. The Hall–Kier alpha value is -2.84. The summed E-state index contributed by atoms with van der Waals surface area (Å²) in [5.74, 6) is -5.03. The number of hydrogen-bond donors (Lipinski definition) is 1. The largest absolute Gasteiger partial charge is 0.465 e. The molecule has 9 heteroatoms. The fourth-order valence-corrected chi connectivity index (χ4v) is 2.31. The first-order valence-corrected chi connectivity index (χ1v) is 6.61. The van der Waals surface area contributed by atoms with E-state index in [0.717, 1.165) is 14.0 Å². The Labute approximate surface area is 134 Å². The van der Waals surface area contributed by atoms with Crippen molar-refractivity contribution in [3.05, 3.63) is 47.2 Å². The maximum absolute atomic E-state index is 13.7. The Kier molecular flexibility index (Phi) is 4.37. The van der Waals surface area contributed by atoms with Crippen molar-refractivity contribution in [3.63, 3.8) is 0 Å². The van der Waals surface area contributed by atoms with Crippen molar-refractivity contribution in [2.24, 2.45) is 0 Å². The minimum atomic E-state index is -5.32. The Bertz CT molecular complexity index is 726. The lowest BCUT2D eigenvalue weighted by Gasteiger charge is -2.30. The fraction of sp³-hybridized carbons (Fsp3) is 0.267. The minimum absolute atomic E-state index is 0.123. The van der Waals surface area contributed by atoms with Crippen LogP contribution >= 0.6 is 0 Å². The molecule has 0 fully saturated rings. The second-order valence-corrected chi connectivity index (χ2v) is 4.88. The summed E-state index contributed by atoms with van der Waals surface area (Å²) in [6, 6.07) is 6.95. The molecule has 2 rings (SSSR count). The lowest BCUT2D eigenvalue weighted by atomic mass is 9.89. The molecule has 0 aromatic heterocycles. The van der Waals surface area contributed by atoms with Crippen LogP contribution in [0.15, 0.2) is 41.7 Å². The van der Waals surface area contributed by atoms with Gasteiger partial charge in [-0.1, -0.05) is 18.2 Å². The molecule has 1 aromatic carbocycles. The number of allylic oxidation sites excluding steroid dienone is 1. The second kappa shape index (κ2) is 5.99. The van der Waals surface area contributed by atoms with Crippen molar-refractivity contribution >= 4 is 17.8 Å². The zero-order valence-electron chi connectivity index (χ0n) is 12.6. The monoisotopic (exact) mass is 343 g/mol. The number of nitrogens with one attached hydrogen (secondary N) is 1. The molecule has 128 valence electrons. The van der Waals surface area contributed by atoms with Crippen LogP contribution < -0.4 is 5.32 Å². The van der Waals surface area contributed by atoms with Crippen LogP contribution in [0.5, 0.6) is 0 Å². The quantitative estimate of drug-likeness (QED) is 0.845. The third kappa shape index (κ3) is 2.61. The first kappa shape index (κ1) is 17.5. The zero-order valence-corrected chi connectivity index (χ0v) is 12.6. The predicted octanol–water partition coefficient (Wildman–Crippen LogP) is 1.72. The molecule has 1 N–H and O–H groups in total. The van der Waals surface area contributed by atoms with E-state index in [2.05, 4.69) is 9.47 Å². The Morgan fingerprint density at radius 1 is 1.21 bits per heavy atom. The van der Waals surface area contributed by atoms with Crippen LogP contribution in [-0.2, 0) is 19.1 Å². The number of methoxy groups -OCH3 is 1. The van der Waals surface area contributed by atoms with Gasteiger partial charge in [0.15, 0.2) is 0 Å². The summed E-state index contributed by atoms with van der Waals surface area (Å²) in [6.07, 6.45) is -5.32. The highest BCUT2D eigenvalue weighted by molar-refractivity contribution is 6.09. The number of hydrogen-bond acceptors (Lipinski definition) is 5. The number of benzene rings is 1. The highest BCUT2D eigenvalue weighted by atomic mass is 19.4. The van der Waals surface area contributed by atoms with Crippen LogP contribution in [0.25, 0.3) is 0 Å². The van der Waals surface area contributed by atoms with Crippen LogP contribution in [0.2, 0.25) is 0 Å². The molecule has 1 unspecified atom stereocenters. The standard InChI is InChI=1S/C15H12F3NO5/c1-8-10(12(21)23-2)14(13(22)24-8,15(16,17)18)19-11(20)9-6-4-3-5-7-9/h3-7H,1-2H3,(H,19,20). The molecule has 6 nitrogen and oxygen atoms in total. The van der Waals surface area contributed by atoms with Crippen molar-refractivity contribution in [1.82, 2.24) is 5.32 Å². The molecule has 1 atom stereocenters. The van der Waals surface area contributed by atoms with E-state index in [1.165, 1.54) is 24.3 Å². The van der Waals surface area contributed by atoms with Crippen molar-refractivity contribution in [2.45, 2.75) is 18.6 Å². The number of halogens is 3. The van der Waals surface area contributed by atoms with Gasteiger partial charge in [0.1, 0.15) is 11.3 Å². The van der Waals surface area contributed by atoms with Gasteiger partial charge in [-0.25, -0.2) is 9.59 Å². The van der Waals surface area contributed by atoms with Crippen LogP contribution in [0, 0.1) is 0 Å². The molecule has 1 aromatic rings. The van der Waals surface area contributed by atoms with E-state index in [1.807, 2.05) is 0 Å². The molecular weight excluding hydrogens is 331 g/mol. The number of ether oxygens (including phenoxy) is 2. The summed E-state index contributed by atoms with van der Waals surface area (Å²) in [5.41, 5.74) is -4.86. The van der Waals surface area contributed by atoms with Gasteiger partial charge in [-0.15, -0.1) is 0 Å². The average molecular weight is 343 g/mol. The van der Waals surface area contributed by atoms with Gasteiger partial charge in [0.2, 0.25) is 0 Å². The van der Waals surface area contributed by atoms with Crippen molar-refractivity contribution in [1.29, 1.82) is 0 Å². The lowest BCUT2D eigenvalue weighted by Crippen LogP contribution is -2.64. The lowest BCUT2D eigenvalue weighted by molar-refractivity contribution is -0.196. The summed E-state index contributed by atoms with van der Waals surface area (Å²) >= 11 is 0. The first-order valence-electron chi connectivity index (χ1n) is 6.61. The van der Waals surface area contributed by atoms with E-state index in [4.69, 9.17) is 0 Å². The predicted molar refractivity (Wildman–Crippen MR) is 73.5 cm³/mol. The minimum Gasteiger partial charge on any atom is -0.465 e. The number of amides is 1. The van der Waals surface area contributed by atoms with Gasteiger partial charge in [0.25, 0.3) is 11.4 Å². The number of carbonyl (C=O) groups is 3. The Balaban J connectivity index is 2.57. The summed E-state index contributed by atoms with van der Waals surface area (Å²) in [4.78, 5) is 35.9. The Morgan fingerprint density at radius 2 is 1.79 bits per heavy atom. The van der Waals surface area contributed by atoms with E-state index in [0.29, 0.717) is 0 Å². The van der Waals surface area contributed by atoms with Crippen molar-refractivity contribution in [3.8, 4) is 0 Å². The first-order chi connectivity index (χ1) is 11.1. The van der Waals surface area contributed by atoms with E-state index >= 15 is 0 Å². The maximum Gasteiger partial charge on any atom is 0.427 e. The maximum atomic E-state index is 13.7. The summed E-state index contributed by atoms with van der Waals surface area (Å²) in [7, 11) is 0.853. The normalized spacial score (nSPS) is 20.6. The average Bonchev–Trinajstić information content (AvgIpc) is 2.78. The van der Waals surface area contributed by atoms with Crippen molar-refractivity contribution in [2.75, 3.05) is 7.11 Å². The molecule has 1 amide bonds. The second-order valence-electron chi connectivity index (χ2n) is 4.88. The van der Waals surface area contributed by atoms with Gasteiger partial charge in [0, 0.05) is 5.56 Å². The summed E-state index contributed by atoms with van der Waals surface area (Å²) < 4.78 is 49.9. The molecular formula is C15H12F3NO5. The molecule has 0 radical (unpaired) electrons. The molecule has 0 saturated heterocycles. The molecule has 1 aliphatic rings. The molecule has 24 heavy (non-hydrogen) atoms. The molecule has 0 bridgehead atoms. The van der Waals surface area contributed by atoms with Crippen LogP contribution in [0.4, 0.5) is 13.2 Å². The molecule has 0 spiro atoms. The molecule has 1 aliphatic heterocycles. The van der Waals surface area contributed by atoms with E-state index < -0.39 is 40.9 Å². The molecule has 0 saturated carbocycles.